The number of anilines is 1. The van der Waals surface area contributed by atoms with E-state index in [1.54, 1.807) is 12.1 Å². The lowest BCUT2D eigenvalue weighted by atomic mass is 10.2. The Hall–Kier alpha value is -0.860. The number of halogens is 2. The lowest BCUT2D eigenvalue weighted by Crippen LogP contribution is -2.45. The van der Waals surface area contributed by atoms with Crippen LogP contribution in [0.4, 0.5) is 5.69 Å². The van der Waals surface area contributed by atoms with Crippen molar-refractivity contribution < 1.29 is 13.2 Å². The molecule has 0 saturated carbocycles. The first kappa shape index (κ1) is 19.5. The molecule has 0 unspecified atom stereocenters. The molecule has 0 radical (unpaired) electrons. The highest BCUT2D eigenvalue weighted by atomic mass is 35.5. The number of likely N-dealkylation sites (N-methyl/N-ethyl adjacent to an activating group) is 1. The Morgan fingerprint density at radius 3 is 2.38 bits per heavy atom. The molecule has 1 aliphatic rings. The first-order chi connectivity index (χ1) is 11.3. The van der Waals surface area contributed by atoms with Gasteiger partial charge in [-0.1, -0.05) is 36.0 Å². The molecule has 0 aromatic heterocycles. The molecule has 0 bridgehead atoms. The fraction of sp³-hybridized carbons (Fsp3) is 0.533. The molecule has 1 heterocycles. The van der Waals surface area contributed by atoms with Crippen molar-refractivity contribution in [3.05, 3.63) is 28.2 Å². The third-order valence-electron chi connectivity index (χ3n) is 3.85. The van der Waals surface area contributed by atoms with Gasteiger partial charge in [0.2, 0.25) is 5.91 Å². The second-order valence-electron chi connectivity index (χ2n) is 5.75. The third kappa shape index (κ3) is 5.07. The standard InChI is InChI=1S/C15H21Cl2N3O3S/c1-19(24(22,23)20-8-4-2-3-5-9-20)11-15(21)18-12-6-7-13(16)14(17)10-12/h6-7,10H,2-5,8-9,11H2,1H3,(H,18,21). The minimum Gasteiger partial charge on any atom is -0.325 e. The maximum Gasteiger partial charge on any atom is 0.282 e. The number of amides is 1. The lowest BCUT2D eigenvalue weighted by molar-refractivity contribution is -0.116. The number of hydrogen-bond acceptors (Lipinski definition) is 3. The van der Waals surface area contributed by atoms with Gasteiger partial charge >= 0.3 is 0 Å². The van der Waals surface area contributed by atoms with Crippen LogP contribution < -0.4 is 5.32 Å². The third-order valence-corrected chi connectivity index (χ3v) is 6.53. The number of rotatable bonds is 5. The van der Waals surface area contributed by atoms with Crippen molar-refractivity contribution in [3.8, 4) is 0 Å². The zero-order valence-corrected chi connectivity index (χ0v) is 15.8. The van der Waals surface area contributed by atoms with E-state index in [4.69, 9.17) is 23.2 Å². The first-order valence-corrected chi connectivity index (χ1v) is 9.92. The molecule has 9 heteroatoms. The van der Waals surface area contributed by atoms with E-state index < -0.39 is 16.1 Å². The molecule has 2 rings (SSSR count). The first-order valence-electron chi connectivity index (χ1n) is 7.77. The van der Waals surface area contributed by atoms with E-state index in [9.17, 15) is 13.2 Å². The van der Waals surface area contributed by atoms with E-state index in [0.717, 1.165) is 30.0 Å². The van der Waals surface area contributed by atoms with Crippen LogP contribution in [0.2, 0.25) is 10.0 Å². The van der Waals surface area contributed by atoms with Crippen LogP contribution in [0.1, 0.15) is 25.7 Å². The Morgan fingerprint density at radius 2 is 1.79 bits per heavy atom. The largest absolute Gasteiger partial charge is 0.325 e. The molecule has 134 valence electrons. The molecule has 0 atom stereocenters. The second-order valence-corrected chi connectivity index (χ2v) is 8.60. The fourth-order valence-electron chi connectivity index (χ4n) is 2.53. The lowest BCUT2D eigenvalue weighted by Gasteiger charge is -2.26. The van der Waals surface area contributed by atoms with Gasteiger partial charge in [0.1, 0.15) is 0 Å². The van der Waals surface area contributed by atoms with Gasteiger partial charge in [-0.3, -0.25) is 4.79 Å². The smallest absolute Gasteiger partial charge is 0.282 e. The van der Waals surface area contributed by atoms with Crippen LogP contribution in [0.3, 0.4) is 0 Å². The summed E-state index contributed by atoms with van der Waals surface area (Å²) in [6.07, 6.45) is 3.77. The zero-order chi connectivity index (χ0) is 17.7. The molecular formula is C15H21Cl2N3O3S. The van der Waals surface area contributed by atoms with E-state index >= 15 is 0 Å². The van der Waals surface area contributed by atoms with Crippen molar-refractivity contribution in [3.63, 3.8) is 0 Å². The molecule has 1 saturated heterocycles. The summed E-state index contributed by atoms with van der Waals surface area (Å²) in [7, 11) is -2.22. The monoisotopic (exact) mass is 393 g/mol. The maximum absolute atomic E-state index is 12.6. The number of nitrogens with zero attached hydrogens (tertiary/aromatic N) is 2. The minimum absolute atomic E-state index is 0.265. The topological polar surface area (TPSA) is 69.7 Å². The van der Waals surface area contributed by atoms with Crippen LogP contribution in [-0.2, 0) is 15.0 Å². The number of nitrogens with one attached hydrogen (secondary N) is 1. The molecule has 6 nitrogen and oxygen atoms in total. The highest BCUT2D eigenvalue weighted by molar-refractivity contribution is 7.86. The van der Waals surface area contributed by atoms with Crippen molar-refractivity contribution >= 4 is 45.0 Å². The molecule has 1 aliphatic heterocycles. The van der Waals surface area contributed by atoms with Gasteiger partial charge in [-0.2, -0.15) is 17.0 Å². The van der Waals surface area contributed by atoms with E-state index in [-0.39, 0.29) is 6.54 Å². The van der Waals surface area contributed by atoms with Crippen molar-refractivity contribution in [2.75, 3.05) is 32.0 Å². The Morgan fingerprint density at radius 1 is 1.17 bits per heavy atom. The number of benzene rings is 1. The molecule has 1 fully saturated rings. The highest BCUT2D eigenvalue weighted by Crippen LogP contribution is 2.25. The average Bonchev–Trinajstić information content (AvgIpc) is 2.80. The average molecular weight is 394 g/mol. The van der Waals surface area contributed by atoms with Gasteiger partial charge in [0, 0.05) is 25.8 Å². The number of carbonyl (C=O) groups excluding carboxylic acids is 1. The van der Waals surface area contributed by atoms with E-state index in [1.165, 1.54) is 17.4 Å². The van der Waals surface area contributed by atoms with Crippen LogP contribution in [-0.4, -0.2) is 49.6 Å². The Balaban J connectivity index is 1.97. The second kappa shape index (κ2) is 8.49. The van der Waals surface area contributed by atoms with Crippen molar-refractivity contribution in [1.29, 1.82) is 0 Å². The molecule has 1 aromatic carbocycles. The zero-order valence-electron chi connectivity index (χ0n) is 13.5. The van der Waals surface area contributed by atoms with Gasteiger partial charge in [-0.05, 0) is 31.0 Å². The van der Waals surface area contributed by atoms with Crippen LogP contribution in [0, 0.1) is 0 Å². The molecule has 24 heavy (non-hydrogen) atoms. The summed E-state index contributed by atoms with van der Waals surface area (Å²) in [6.45, 7) is 0.737. The van der Waals surface area contributed by atoms with E-state index in [1.807, 2.05) is 0 Å². The quantitative estimate of drug-likeness (QED) is 0.835. The summed E-state index contributed by atoms with van der Waals surface area (Å²) in [5.41, 5.74) is 0.468. The van der Waals surface area contributed by atoms with Crippen LogP contribution in [0.5, 0.6) is 0 Å². The van der Waals surface area contributed by atoms with Crippen LogP contribution in [0.15, 0.2) is 18.2 Å². The minimum atomic E-state index is -3.63. The predicted octanol–water partition coefficient (Wildman–Crippen LogP) is 2.98. The van der Waals surface area contributed by atoms with Gasteiger partial charge in [-0.15, -0.1) is 0 Å². The molecule has 0 aliphatic carbocycles. The molecule has 1 N–H and O–H groups in total. The SMILES string of the molecule is CN(CC(=O)Nc1ccc(Cl)c(Cl)c1)S(=O)(=O)N1CCCCCC1. The summed E-state index contributed by atoms with van der Waals surface area (Å²) < 4.78 is 27.6. The predicted molar refractivity (Wildman–Crippen MR) is 96.7 cm³/mol. The number of carbonyl (C=O) groups is 1. The number of hydrogen-bond donors (Lipinski definition) is 1. The van der Waals surface area contributed by atoms with Crippen LogP contribution in [0.25, 0.3) is 0 Å². The molecule has 1 amide bonds. The van der Waals surface area contributed by atoms with Crippen molar-refractivity contribution in [2.24, 2.45) is 0 Å². The van der Waals surface area contributed by atoms with Gasteiger partial charge in [0.15, 0.2) is 0 Å². The van der Waals surface area contributed by atoms with Gasteiger partial charge in [0.05, 0.1) is 16.6 Å². The summed E-state index contributed by atoms with van der Waals surface area (Å²) in [5.74, 6) is -0.436. The van der Waals surface area contributed by atoms with Crippen molar-refractivity contribution in [1.82, 2.24) is 8.61 Å². The summed E-state index contributed by atoms with van der Waals surface area (Å²) in [5, 5.41) is 3.33. The van der Waals surface area contributed by atoms with E-state index in [0.29, 0.717) is 28.8 Å². The van der Waals surface area contributed by atoms with Crippen LogP contribution >= 0.6 is 23.2 Å². The molecule has 1 aromatic rings. The van der Waals surface area contributed by atoms with Gasteiger partial charge in [0.25, 0.3) is 10.2 Å². The molecular weight excluding hydrogens is 373 g/mol. The molecule has 0 spiro atoms. The Labute approximate surface area is 152 Å². The normalized spacial score (nSPS) is 16.8. The summed E-state index contributed by atoms with van der Waals surface area (Å²) in [6, 6.07) is 4.69. The van der Waals surface area contributed by atoms with Gasteiger partial charge in [-0.25, -0.2) is 0 Å². The van der Waals surface area contributed by atoms with Gasteiger partial charge < -0.3 is 5.32 Å². The van der Waals surface area contributed by atoms with E-state index in [2.05, 4.69) is 5.32 Å². The summed E-state index contributed by atoms with van der Waals surface area (Å²) >= 11 is 11.7. The highest BCUT2D eigenvalue weighted by Gasteiger charge is 2.28. The fourth-order valence-corrected chi connectivity index (χ4v) is 4.22. The Kier molecular flexibility index (Phi) is 6.88. The van der Waals surface area contributed by atoms with Crippen molar-refractivity contribution in [2.45, 2.75) is 25.7 Å². The summed E-state index contributed by atoms with van der Waals surface area (Å²) in [4.78, 5) is 12.1. The maximum atomic E-state index is 12.6. The Bertz CT molecular complexity index is 689.